The molecule has 2 heteroatoms. The Hall–Kier alpha value is -1.93. The van der Waals surface area contributed by atoms with E-state index in [4.69, 9.17) is 5.11 Å². The molecule has 0 fully saturated rings. The van der Waals surface area contributed by atoms with Crippen LogP contribution in [0.25, 0.3) is 5.57 Å². The van der Waals surface area contributed by atoms with Crippen LogP contribution in [0, 0.1) is 0 Å². The van der Waals surface area contributed by atoms with Crippen molar-refractivity contribution in [2.45, 2.75) is 6.42 Å². The quantitative estimate of drug-likeness (QED) is 0.790. The van der Waals surface area contributed by atoms with Crippen molar-refractivity contribution in [2.75, 3.05) is 7.11 Å². The number of hydrogen-bond acceptors (Lipinski definition) is 2. The summed E-state index contributed by atoms with van der Waals surface area (Å²) in [6, 6.07) is 10.2. The van der Waals surface area contributed by atoms with Crippen molar-refractivity contribution in [3.63, 3.8) is 0 Å². The Morgan fingerprint density at radius 2 is 1.82 bits per heavy atom. The van der Waals surface area contributed by atoms with Crippen LogP contribution >= 0.6 is 0 Å². The van der Waals surface area contributed by atoms with Gasteiger partial charge in [0.15, 0.2) is 0 Å². The lowest BCUT2D eigenvalue weighted by atomic mass is 10.1. The summed E-state index contributed by atoms with van der Waals surface area (Å²) in [4.78, 5) is 10.6. The number of carbonyl (C=O) groups is 1. The van der Waals surface area contributed by atoms with Crippen molar-refractivity contribution in [3.05, 3.63) is 65.8 Å². The number of aliphatic hydroxyl groups is 1. The number of aliphatic hydroxyl groups excluding tert-OH is 1. The lowest BCUT2D eigenvalue weighted by Crippen LogP contribution is -1.78. The van der Waals surface area contributed by atoms with Gasteiger partial charge in [-0.25, -0.2) is 0 Å². The van der Waals surface area contributed by atoms with Crippen molar-refractivity contribution >= 4 is 11.9 Å². The molecule has 1 N–H and O–H groups in total. The largest absolute Gasteiger partial charge is 0.400 e. The highest BCUT2D eigenvalue weighted by Gasteiger charge is 2.00. The highest BCUT2D eigenvalue weighted by Crippen LogP contribution is 2.19. The first-order chi connectivity index (χ1) is 8.40. The van der Waals surface area contributed by atoms with Crippen LogP contribution in [0.1, 0.15) is 12.0 Å². The molecule has 2 nitrogen and oxygen atoms in total. The normalized spacial score (nSPS) is 13.8. The Morgan fingerprint density at radius 3 is 2.47 bits per heavy atom. The summed E-state index contributed by atoms with van der Waals surface area (Å²) >= 11 is 0. The van der Waals surface area contributed by atoms with Gasteiger partial charge < -0.3 is 5.11 Å². The van der Waals surface area contributed by atoms with Crippen molar-refractivity contribution in [1.29, 1.82) is 0 Å². The van der Waals surface area contributed by atoms with E-state index in [-0.39, 0.29) is 0 Å². The Bertz CT molecular complexity index is 439. The van der Waals surface area contributed by atoms with Crippen LogP contribution in [0.3, 0.4) is 0 Å². The monoisotopic (exact) mass is 228 g/mol. The van der Waals surface area contributed by atoms with Crippen molar-refractivity contribution < 1.29 is 9.90 Å². The van der Waals surface area contributed by atoms with Crippen LogP contribution in [0.4, 0.5) is 0 Å². The molecule has 0 saturated heterocycles. The average Bonchev–Trinajstić information content (AvgIpc) is 2.67. The first kappa shape index (κ1) is 13.1. The molecular weight excluding hydrogens is 212 g/mol. The van der Waals surface area contributed by atoms with Crippen molar-refractivity contribution in [1.82, 2.24) is 0 Å². The van der Waals surface area contributed by atoms with Crippen LogP contribution in [0.2, 0.25) is 0 Å². The van der Waals surface area contributed by atoms with Gasteiger partial charge >= 0.3 is 0 Å². The number of hydrogen-bond donors (Lipinski definition) is 1. The van der Waals surface area contributed by atoms with E-state index < -0.39 is 0 Å². The minimum absolute atomic E-state index is 0.719. The maximum Gasteiger partial charge on any atom is 0.146 e. The number of benzene rings is 1. The summed E-state index contributed by atoms with van der Waals surface area (Å²) < 4.78 is 0. The van der Waals surface area contributed by atoms with E-state index >= 15 is 0 Å². The minimum Gasteiger partial charge on any atom is -0.400 e. The van der Waals surface area contributed by atoms with E-state index in [9.17, 15) is 4.79 Å². The molecule has 1 aromatic carbocycles. The number of aldehydes is 1. The fourth-order valence-electron chi connectivity index (χ4n) is 1.55. The lowest BCUT2D eigenvalue weighted by molar-refractivity contribution is -0.104. The molecule has 0 heterocycles. The molecule has 0 saturated carbocycles. The topological polar surface area (TPSA) is 37.3 Å². The zero-order valence-corrected chi connectivity index (χ0v) is 9.84. The third-order valence-electron chi connectivity index (χ3n) is 2.39. The predicted molar refractivity (Wildman–Crippen MR) is 70.5 cm³/mol. The molecule has 0 atom stereocenters. The summed E-state index contributed by atoms with van der Waals surface area (Å²) in [5, 5.41) is 7.00. The molecular formula is C15H16O2. The fraction of sp³-hybridized carbons (Fsp3) is 0.133. The van der Waals surface area contributed by atoms with E-state index in [1.165, 1.54) is 5.56 Å². The fourth-order valence-corrected chi connectivity index (χ4v) is 1.55. The predicted octanol–water partition coefficient (Wildman–Crippen LogP) is 2.76. The van der Waals surface area contributed by atoms with Gasteiger partial charge in [0.25, 0.3) is 0 Å². The van der Waals surface area contributed by atoms with Gasteiger partial charge in [0.1, 0.15) is 6.29 Å². The van der Waals surface area contributed by atoms with Gasteiger partial charge in [0.05, 0.1) is 0 Å². The van der Waals surface area contributed by atoms with E-state index in [2.05, 4.69) is 18.2 Å². The molecule has 0 radical (unpaired) electrons. The number of rotatable bonds is 2. The number of allylic oxidation sites excluding steroid dienone is 6. The van der Waals surface area contributed by atoms with Crippen LogP contribution < -0.4 is 0 Å². The first-order valence-electron chi connectivity index (χ1n) is 5.43. The van der Waals surface area contributed by atoms with E-state index in [0.29, 0.717) is 0 Å². The molecule has 1 aliphatic rings. The van der Waals surface area contributed by atoms with Crippen LogP contribution in [0.15, 0.2) is 60.2 Å². The summed E-state index contributed by atoms with van der Waals surface area (Å²) in [6.45, 7) is 0. The molecule has 1 aromatic rings. The molecule has 2 rings (SSSR count). The summed E-state index contributed by atoms with van der Waals surface area (Å²) in [7, 11) is 1.00. The molecule has 0 unspecified atom stereocenters. The van der Waals surface area contributed by atoms with Gasteiger partial charge in [-0.1, -0.05) is 54.6 Å². The highest BCUT2D eigenvalue weighted by atomic mass is 16.2. The molecule has 17 heavy (non-hydrogen) atoms. The Labute approximate surface area is 102 Å². The Balaban J connectivity index is 0.000000686. The molecule has 0 bridgehead atoms. The van der Waals surface area contributed by atoms with E-state index in [0.717, 1.165) is 31.0 Å². The summed E-state index contributed by atoms with van der Waals surface area (Å²) in [5.74, 6) is 0. The van der Waals surface area contributed by atoms with Gasteiger partial charge in [0.2, 0.25) is 0 Å². The Kier molecular flexibility index (Phi) is 5.69. The molecule has 88 valence electrons. The smallest absolute Gasteiger partial charge is 0.146 e. The van der Waals surface area contributed by atoms with E-state index in [1.54, 1.807) is 0 Å². The zero-order valence-electron chi connectivity index (χ0n) is 9.84. The van der Waals surface area contributed by atoms with Crippen molar-refractivity contribution in [2.24, 2.45) is 0 Å². The van der Waals surface area contributed by atoms with Gasteiger partial charge in [-0.05, 0) is 23.1 Å². The third kappa shape index (κ3) is 3.85. The second kappa shape index (κ2) is 7.36. The molecule has 0 aliphatic heterocycles. The number of carbonyl (C=O) groups excluding carboxylic acids is 1. The van der Waals surface area contributed by atoms with Gasteiger partial charge in [-0.15, -0.1) is 0 Å². The molecule has 0 amide bonds. The van der Waals surface area contributed by atoms with Gasteiger partial charge in [-0.3, -0.25) is 4.79 Å². The maximum absolute atomic E-state index is 10.6. The zero-order chi connectivity index (χ0) is 12.5. The van der Waals surface area contributed by atoms with Crippen LogP contribution in [-0.4, -0.2) is 18.5 Å². The van der Waals surface area contributed by atoms with Gasteiger partial charge in [0, 0.05) is 7.11 Å². The second-order valence-corrected chi connectivity index (χ2v) is 3.45. The van der Waals surface area contributed by atoms with Gasteiger partial charge in [-0.2, -0.15) is 0 Å². The summed E-state index contributed by atoms with van der Waals surface area (Å²) in [5.41, 5.74) is 3.14. The summed E-state index contributed by atoms with van der Waals surface area (Å²) in [6.07, 6.45) is 9.58. The molecule has 0 aromatic heterocycles. The van der Waals surface area contributed by atoms with Crippen molar-refractivity contribution in [3.8, 4) is 0 Å². The van der Waals surface area contributed by atoms with E-state index in [1.807, 2.05) is 36.4 Å². The average molecular weight is 228 g/mol. The second-order valence-electron chi connectivity index (χ2n) is 3.45. The molecule has 1 aliphatic carbocycles. The maximum atomic E-state index is 10.6. The third-order valence-corrected chi connectivity index (χ3v) is 2.39. The lowest BCUT2D eigenvalue weighted by Gasteiger charge is -1.99. The minimum atomic E-state index is 0.719. The molecule has 0 spiro atoms. The standard InChI is InChI=1S/C14H12O.CH4O/c15-11-12-5-4-8-14(10-9-12)13-6-2-1-3-7-13;1-2/h1-4,6-11H,5H2;2H,1H3. The SMILES string of the molecule is CO.O=CC1=CC=C(c2ccccc2)C=CC1. The first-order valence-corrected chi connectivity index (χ1v) is 5.43. The van der Waals surface area contributed by atoms with Crippen LogP contribution in [-0.2, 0) is 4.79 Å². The van der Waals surface area contributed by atoms with Crippen LogP contribution in [0.5, 0.6) is 0 Å². The Morgan fingerprint density at radius 1 is 1.12 bits per heavy atom. The highest BCUT2D eigenvalue weighted by molar-refractivity contribution is 5.80.